The van der Waals surface area contributed by atoms with Crippen LogP contribution in [-0.4, -0.2) is 27.6 Å². The fraction of sp³-hybridized carbons (Fsp3) is 0.444. The fourth-order valence-corrected chi connectivity index (χ4v) is 3.94. The third-order valence-corrected chi connectivity index (χ3v) is 6.06. The Morgan fingerprint density at radius 1 is 1.14 bits per heavy atom. The summed E-state index contributed by atoms with van der Waals surface area (Å²) in [5, 5.41) is 20.0. The van der Waals surface area contributed by atoms with Crippen molar-refractivity contribution >= 4 is 17.8 Å². The van der Waals surface area contributed by atoms with E-state index in [1.54, 1.807) is 18.2 Å². The molecule has 4 heteroatoms. The fourth-order valence-electron chi connectivity index (χ4n) is 3.94. The summed E-state index contributed by atoms with van der Waals surface area (Å²) in [6.45, 7) is 5.83. The molecule has 2 N–H and O–H groups in total. The molecule has 0 spiro atoms. The van der Waals surface area contributed by atoms with E-state index in [2.05, 4.69) is 0 Å². The molecule has 2 aliphatic carbocycles. The predicted molar refractivity (Wildman–Crippen MR) is 82.5 cm³/mol. The van der Waals surface area contributed by atoms with Crippen molar-refractivity contribution in [2.75, 3.05) is 0 Å². The molecule has 0 radical (unpaired) electrons. The maximum Gasteiger partial charge on any atom is 0.335 e. The lowest BCUT2D eigenvalue weighted by atomic mass is 9.69. The first-order valence-electron chi connectivity index (χ1n) is 7.46. The zero-order chi connectivity index (χ0) is 16.3. The average Bonchev–Trinajstić information content (AvgIpc) is 2.71. The molecule has 3 rings (SSSR count). The highest BCUT2D eigenvalue weighted by Crippen LogP contribution is 2.67. The van der Waals surface area contributed by atoms with Crippen LogP contribution < -0.4 is 0 Å². The molecule has 1 aromatic rings. The van der Waals surface area contributed by atoms with Crippen LogP contribution in [0, 0.1) is 10.8 Å². The van der Waals surface area contributed by atoms with E-state index in [0.717, 1.165) is 5.56 Å². The van der Waals surface area contributed by atoms with Crippen molar-refractivity contribution in [1.82, 2.24) is 0 Å². The van der Waals surface area contributed by atoms with E-state index in [-0.39, 0.29) is 11.3 Å². The summed E-state index contributed by atoms with van der Waals surface area (Å²) >= 11 is 0. The zero-order valence-corrected chi connectivity index (χ0v) is 13.0. The lowest BCUT2D eigenvalue weighted by Crippen LogP contribution is -2.40. The highest BCUT2D eigenvalue weighted by Gasteiger charge is 2.71. The Kier molecular flexibility index (Phi) is 2.92. The van der Waals surface area contributed by atoms with Crippen molar-refractivity contribution < 1.29 is 19.8 Å². The molecule has 0 amide bonds. The number of rotatable bonds is 2. The number of ketones is 1. The molecule has 0 saturated heterocycles. The topological polar surface area (TPSA) is 74.6 Å². The second-order valence-corrected chi connectivity index (χ2v) is 7.13. The van der Waals surface area contributed by atoms with Gasteiger partial charge >= 0.3 is 5.97 Å². The van der Waals surface area contributed by atoms with Crippen LogP contribution in [0.3, 0.4) is 0 Å². The molecule has 0 heterocycles. The van der Waals surface area contributed by atoms with Gasteiger partial charge in [0.25, 0.3) is 0 Å². The number of aromatic carboxylic acids is 1. The van der Waals surface area contributed by atoms with Crippen molar-refractivity contribution in [3.63, 3.8) is 0 Å². The molecule has 2 bridgehead atoms. The van der Waals surface area contributed by atoms with Crippen molar-refractivity contribution in [2.24, 2.45) is 10.8 Å². The van der Waals surface area contributed by atoms with Gasteiger partial charge in [0, 0.05) is 16.4 Å². The second-order valence-electron chi connectivity index (χ2n) is 7.13. The second kappa shape index (κ2) is 4.29. The van der Waals surface area contributed by atoms with E-state index < -0.39 is 22.4 Å². The molecule has 1 aromatic carbocycles. The van der Waals surface area contributed by atoms with Gasteiger partial charge in [-0.15, -0.1) is 0 Å². The maximum absolute atomic E-state index is 12.8. The maximum atomic E-state index is 12.8. The molecule has 116 valence electrons. The molecular weight excluding hydrogens is 280 g/mol. The van der Waals surface area contributed by atoms with E-state index in [0.29, 0.717) is 18.4 Å². The number of fused-ring (bicyclic) bond motifs is 2. The van der Waals surface area contributed by atoms with Crippen molar-refractivity contribution in [3.8, 4) is 0 Å². The number of aliphatic hydroxyl groups is 1. The Hall–Kier alpha value is -1.94. The Morgan fingerprint density at radius 3 is 2.18 bits per heavy atom. The van der Waals surface area contributed by atoms with Gasteiger partial charge in [0.15, 0.2) is 5.78 Å². The van der Waals surface area contributed by atoms with Crippen LogP contribution in [0.2, 0.25) is 0 Å². The quantitative estimate of drug-likeness (QED) is 0.824. The summed E-state index contributed by atoms with van der Waals surface area (Å²) in [6.07, 6.45) is 2.99. The zero-order valence-electron chi connectivity index (χ0n) is 13.0. The van der Waals surface area contributed by atoms with Gasteiger partial charge in [-0.2, -0.15) is 0 Å². The summed E-state index contributed by atoms with van der Waals surface area (Å²) in [7, 11) is 0. The Balaban J connectivity index is 2.05. The number of carboxylic acids is 1. The van der Waals surface area contributed by atoms with Crippen LogP contribution in [0.4, 0.5) is 0 Å². The lowest BCUT2D eigenvalue weighted by Gasteiger charge is -2.35. The molecule has 4 nitrogen and oxygen atoms in total. The first kappa shape index (κ1) is 15.0. The monoisotopic (exact) mass is 300 g/mol. The molecule has 2 unspecified atom stereocenters. The Bertz CT molecular complexity index is 698. The lowest BCUT2D eigenvalue weighted by molar-refractivity contribution is -0.125. The SMILES string of the molecule is CC12CCC(O)(C(=Cc3ccc(C(=O)O)cc3)C1=O)C2(C)C. The number of benzene rings is 1. The first-order chi connectivity index (χ1) is 10.1. The minimum Gasteiger partial charge on any atom is -0.478 e. The van der Waals surface area contributed by atoms with Gasteiger partial charge in [0.2, 0.25) is 0 Å². The predicted octanol–water partition coefficient (Wildman–Crippen LogP) is 2.91. The Labute approximate surface area is 129 Å². The minimum absolute atomic E-state index is 0.00793. The highest BCUT2D eigenvalue weighted by molar-refractivity contribution is 6.10. The van der Waals surface area contributed by atoms with Crippen LogP contribution >= 0.6 is 0 Å². The molecular formula is C18H20O4. The molecule has 2 fully saturated rings. The number of hydrogen-bond donors (Lipinski definition) is 2. The summed E-state index contributed by atoms with van der Waals surface area (Å²) in [6, 6.07) is 6.33. The summed E-state index contributed by atoms with van der Waals surface area (Å²) in [5.74, 6) is -0.976. The summed E-state index contributed by atoms with van der Waals surface area (Å²) in [4.78, 5) is 23.6. The van der Waals surface area contributed by atoms with Gasteiger partial charge in [-0.25, -0.2) is 4.79 Å². The van der Waals surface area contributed by atoms with Gasteiger partial charge < -0.3 is 10.2 Å². The molecule has 0 aromatic heterocycles. The number of carboxylic acid groups (broad SMARTS) is 1. The number of carbonyl (C=O) groups excluding carboxylic acids is 1. The average molecular weight is 300 g/mol. The smallest absolute Gasteiger partial charge is 0.335 e. The van der Waals surface area contributed by atoms with E-state index in [9.17, 15) is 14.7 Å². The van der Waals surface area contributed by atoms with Crippen LogP contribution in [-0.2, 0) is 4.79 Å². The molecule has 2 saturated carbocycles. The van der Waals surface area contributed by atoms with Crippen LogP contribution in [0.5, 0.6) is 0 Å². The van der Waals surface area contributed by atoms with Crippen LogP contribution in [0.15, 0.2) is 29.8 Å². The number of carbonyl (C=O) groups is 2. The summed E-state index contributed by atoms with van der Waals surface area (Å²) in [5.41, 5.74) is -0.751. The van der Waals surface area contributed by atoms with Crippen molar-refractivity contribution in [3.05, 3.63) is 41.0 Å². The van der Waals surface area contributed by atoms with Crippen molar-refractivity contribution in [2.45, 2.75) is 39.2 Å². The largest absolute Gasteiger partial charge is 0.478 e. The van der Waals surface area contributed by atoms with E-state index in [4.69, 9.17) is 5.11 Å². The molecule has 0 aliphatic heterocycles. The van der Waals surface area contributed by atoms with E-state index in [1.165, 1.54) is 12.1 Å². The first-order valence-corrected chi connectivity index (χ1v) is 7.46. The third kappa shape index (κ3) is 1.61. The minimum atomic E-state index is -1.11. The van der Waals surface area contributed by atoms with Crippen molar-refractivity contribution in [1.29, 1.82) is 0 Å². The Morgan fingerprint density at radius 2 is 1.73 bits per heavy atom. The molecule has 22 heavy (non-hydrogen) atoms. The van der Waals surface area contributed by atoms with Crippen LogP contribution in [0.1, 0.15) is 49.5 Å². The number of hydrogen-bond acceptors (Lipinski definition) is 3. The standard InChI is InChI=1S/C18H20O4/c1-16(2)17(3)8-9-18(16,22)13(14(17)19)10-11-4-6-12(7-5-11)15(20)21/h4-7,10,22H,8-9H2,1-3H3,(H,20,21). The third-order valence-electron chi connectivity index (χ3n) is 6.06. The van der Waals surface area contributed by atoms with E-state index in [1.807, 2.05) is 20.8 Å². The highest BCUT2D eigenvalue weighted by atomic mass is 16.4. The van der Waals surface area contributed by atoms with Crippen LogP contribution in [0.25, 0.3) is 6.08 Å². The number of Topliss-reactive ketones (excluding diaryl/α,β-unsaturated/α-hetero) is 1. The normalized spacial score (nSPS) is 34.4. The summed E-state index contributed by atoms with van der Waals surface area (Å²) < 4.78 is 0. The molecule has 2 aliphatic rings. The van der Waals surface area contributed by atoms with Gasteiger partial charge in [-0.3, -0.25) is 4.79 Å². The van der Waals surface area contributed by atoms with Gasteiger partial charge in [0.05, 0.1) is 11.2 Å². The van der Waals surface area contributed by atoms with Gasteiger partial charge in [0.1, 0.15) is 0 Å². The van der Waals surface area contributed by atoms with Gasteiger partial charge in [-0.05, 0) is 36.6 Å². The van der Waals surface area contributed by atoms with E-state index >= 15 is 0 Å². The molecule has 2 atom stereocenters. The van der Waals surface area contributed by atoms with Gasteiger partial charge in [-0.1, -0.05) is 32.9 Å².